The zero-order valence-corrected chi connectivity index (χ0v) is 37.0. The molecule has 0 aromatic rings. The van der Waals surface area contributed by atoms with E-state index in [9.17, 15) is 48.9 Å². The van der Waals surface area contributed by atoms with Gasteiger partial charge in [-0.05, 0) is 57.9 Å². The smallest absolute Gasteiger partial charge is 0.404 e. The highest BCUT2D eigenvalue weighted by molar-refractivity contribution is 5.93. The molecule has 0 unspecified atom stereocenters. The van der Waals surface area contributed by atoms with E-state index in [4.69, 9.17) is 38.1 Å². The van der Waals surface area contributed by atoms with Crippen molar-refractivity contribution in [2.45, 2.75) is 157 Å². The number of amides is 7. The largest absolute Gasteiger partial charge is 0.441 e. The molecular weight excluding hydrogens is 857 g/mol. The minimum atomic E-state index is -1.69. The van der Waals surface area contributed by atoms with Gasteiger partial charge in [-0.25, -0.2) is 9.79 Å². The molecule has 26 heteroatoms. The van der Waals surface area contributed by atoms with Gasteiger partial charge in [0.1, 0.15) is 18.2 Å². The minimum Gasteiger partial charge on any atom is -0.441 e. The van der Waals surface area contributed by atoms with Crippen LogP contribution >= 0.6 is 0 Å². The van der Waals surface area contributed by atoms with Gasteiger partial charge < -0.3 is 96.0 Å². The lowest BCUT2D eigenvalue weighted by molar-refractivity contribution is -0.198. The van der Waals surface area contributed by atoms with E-state index < -0.39 is 91.3 Å². The Morgan fingerprint density at radius 1 is 0.831 bits per heavy atom. The first-order valence-corrected chi connectivity index (χ1v) is 22.2. The Labute approximate surface area is 377 Å². The summed E-state index contributed by atoms with van der Waals surface area (Å²) < 4.78 is 10.9. The number of guanidine groups is 1. The van der Waals surface area contributed by atoms with Crippen LogP contribution in [0.5, 0.6) is 0 Å². The van der Waals surface area contributed by atoms with Gasteiger partial charge in [-0.3, -0.25) is 28.8 Å². The van der Waals surface area contributed by atoms with Gasteiger partial charge in [0.15, 0.2) is 24.3 Å². The number of β-amino-alcohol motifs (C(OH)–C–C–N with tert-alkyl or cyclic N) is 1. The second-order valence-corrected chi connectivity index (χ2v) is 16.7. The molecule has 0 aromatic carbocycles. The third kappa shape index (κ3) is 19.6. The highest BCUT2D eigenvalue weighted by Gasteiger charge is 2.49. The zero-order valence-electron chi connectivity index (χ0n) is 37.0. The van der Waals surface area contributed by atoms with Crippen LogP contribution in [0.2, 0.25) is 0 Å². The van der Waals surface area contributed by atoms with Crippen molar-refractivity contribution in [3.63, 3.8) is 0 Å². The van der Waals surface area contributed by atoms with Gasteiger partial charge in [0.05, 0.1) is 18.8 Å². The molecule has 65 heavy (non-hydrogen) atoms. The minimum absolute atomic E-state index is 0.00893. The fourth-order valence-electron chi connectivity index (χ4n) is 7.70. The van der Waals surface area contributed by atoms with Crippen molar-refractivity contribution in [1.82, 2.24) is 42.5 Å². The zero-order chi connectivity index (χ0) is 48.1. The van der Waals surface area contributed by atoms with Gasteiger partial charge in [0.25, 0.3) is 0 Å². The number of hydrogen-bond acceptors (Lipinski definition) is 19. The van der Waals surface area contributed by atoms with E-state index >= 15 is 0 Å². The molecule has 0 saturated carbocycles. The van der Waals surface area contributed by atoms with Crippen LogP contribution in [0.4, 0.5) is 4.79 Å². The van der Waals surface area contributed by atoms with Crippen molar-refractivity contribution in [3.05, 3.63) is 0 Å². The molecule has 21 N–H and O–H groups in total. The molecule has 3 aliphatic rings. The second-order valence-electron chi connectivity index (χ2n) is 16.7. The number of rotatable bonds is 28. The molecule has 12 atom stereocenters. The number of primary amides is 1. The normalized spacial score (nSPS) is 25.5. The first kappa shape index (κ1) is 54.4. The van der Waals surface area contributed by atoms with Crippen LogP contribution in [-0.4, -0.2) is 175 Å². The lowest BCUT2D eigenvalue weighted by atomic mass is 9.95. The summed E-state index contributed by atoms with van der Waals surface area (Å²) in [5, 5.41) is 53.7. The van der Waals surface area contributed by atoms with E-state index in [0.29, 0.717) is 58.2 Å². The highest BCUT2D eigenvalue weighted by Crippen LogP contribution is 2.24. The first-order chi connectivity index (χ1) is 30.9. The summed E-state index contributed by atoms with van der Waals surface area (Å²) in [5.74, 6) is -2.19. The van der Waals surface area contributed by atoms with Crippen LogP contribution in [0, 0.1) is 0 Å². The molecule has 0 aliphatic carbocycles. The maximum absolute atomic E-state index is 13.5. The van der Waals surface area contributed by atoms with Crippen molar-refractivity contribution in [3.8, 4) is 0 Å². The van der Waals surface area contributed by atoms with Crippen LogP contribution in [-0.2, 0) is 38.2 Å². The van der Waals surface area contributed by atoms with Gasteiger partial charge in [-0.15, -0.1) is 0 Å². The van der Waals surface area contributed by atoms with E-state index in [2.05, 4.69) is 47.5 Å². The lowest BCUT2D eigenvalue weighted by Crippen LogP contribution is -2.70. The van der Waals surface area contributed by atoms with Crippen molar-refractivity contribution < 1.29 is 58.4 Å². The lowest BCUT2D eigenvalue weighted by Gasteiger charge is -2.44. The number of fused-ring (bicyclic) bond motifs is 1. The van der Waals surface area contributed by atoms with E-state index in [1.165, 1.54) is 6.92 Å². The highest BCUT2D eigenvalue weighted by atomic mass is 16.6. The average Bonchev–Trinajstić information content (AvgIpc) is 3.67. The molecule has 0 radical (unpaired) electrons. The van der Waals surface area contributed by atoms with Crippen LogP contribution in [0.1, 0.15) is 84.0 Å². The molecule has 0 bridgehead atoms. The van der Waals surface area contributed by atoms with Crippen molar-refractivity contribution in [1.29, 1.82) is 0 Å². The van der Waals surface area contributed by atoms with Crippen LogP contribution in [0.25, 0.3) is 0 Å². The molecule has 2 fully saturated rings. The molecule has 26 nitrogen and oxygen atoms in total. The van der Waals surface area contributed by atoms with Crippen LogP contribution < -0.4 is 71.2 Å². The monoisotopic (exact) mass is 929 g/mol. The molecule has 2 saturated heterocycles. The van der Waals surface area contributed by atoms with Gasteiger partial charge in [-0.2, -0.15) is 0 Å². The summed E-state index contributed by atoms with van der Waals surface area (Å²) >= 11 is 0. The number of aliphatic imine (C=N–C) groups is 1. The molecule has 3 heterocycles. The van der Waals surface area contributed by atoms with Crippen molar-refractivity contribution >= 4 is 47.5 Å². The molecule has 3 aliphatic heterocycles. The van der Waals surface area contributed by atoms with Gasteiger partial charge in [0.2, 0.25) is 35.4 Å². The maximum atomic E-state index is 13.5. The third-order valence-corrected chi connectivity index (χ3v) is 11.0. The Morgan fingerprint density at radius 2 is 1.37 bits per heavy atom. The summed E-state index contributed by atoms with van der Waals surface area (Å²) in [7, 11) is 0. The topological polar surface area (TPSA) is 437 Å². The van der Waals surface area contributed by atoms with E-state index in [1.807, 2.05) is 0 Å². The number of carbonyl (C=O) groups is 7. The summed E-state index contributed by atoms with van der Waals surface area (Å²) in [6.07, 6.45) is -3.78. The first-order valence-electron chi connectivity index (χ1n) is 22.2. The van der Waals surface area contributed by atoms with Crippen molar-refractivity contribution in [2.24, 2.45) is 33.7 Å². The van der Waals surface area contributed by atoms with Crippen LogP contribution in [0.3, 0.4) is 0 Å². The van der Waals surface area contributed by atoms with E-state index in [-0.39, 0.29) is 81.0 Å². The molecule has 3 rings (SSSR count). The molecule has 7 amide bonds. The number of nitrogens with two attached hydrogens (primary N) is 5. The van der Waals surface area contributed by atoms with E-state index in [1.54, 1.807) is 0 Å². The number of nitrogens with zero attached hydrogens (tertiary/aromatic N) is 1. The molecule has 0 aromatic heterocycles. The maximum Gasteiger partial charge on any atom is 0.404 e. The Hall–Kier alpha value is -4.96. The number of hydrogen-bond donors (Lipinski definition) is 16. The predicted octanol–water partition coefficient (Wildman–Crippen LogP) is -6.74. The standard InChI is InChI=1S/C39H72N14O12/c1-20(55)49-24(9-5-13-47-29(59)16-23(43)8-4-12-46-28(58)15-22(42)7-3-11-45-27(57)14-21(41)6-2-10-40)17-30(60)50-33-34(61)35(65-38(44)63)26(19-54)64-37(33)53-39-51-31-25(56)18-48-36(62)32(31)52-39/h21-26,31-35,37,54,56,61H,2-19,40-43H2,1H3,(H2,44,63)(H,45,57)(H,46,58)(H,47,59)(H,48,62)(H,49,55)(H,50,60)(H2,51,52,53)/t21-,22-,23-,24-,25+,26+,31+,32-,33+,34-,35-,37+/m0/s1. The quantitative estimate of drug-likeness (QED) is 0.0324. The van der Waals surface area contributed by atoms with Gasteiger partial charge >= 0.3 is 6.09 Å². The van der Waals surface area contributed by atoms with Gasteiger partial charge in [-0.1, -0.05) is 0 Å². The Kier molecular flexibility index (Phi) is 23.6. The number of ether oxygens (including phenoxy) is 2. The number of carbonyl (C=O) groups excluding carboxylic acids is 7. The molecule has 0 spiro atoms. The predicted molar refractivity (Wildman–Crippen MR) is 233 cm³/mol. The van der Waals surface area contributed by atoms with Gasteiger partial charge in [0, 0.05) is 83.0 Å². The Bertz CT molecular complexity index is 1610. The number of piperidine rings is 1. The summed E-state index contributed by atoms with van der Waals surface area (Å²) in [6.45, 7) is 2.05. The number of aliphatic hydroxyl groups excluding tert-OH is 3. The van der Waals surface area contributed by atoms with Crippen LogP contribution in [0.15, 0.2) is 4.99 Å². The Balaban J connectivity index is 1.39. The summed E-state index contributed by atoms with van der Waals surface area (Å²) in [6, 6.07) is -4.92. The summed E-state index contributed by atoms with van der Waals surface area (Å²) in [5.41, 5.74) is 28.8. The molecule has 370 valence electrons. The van der Waals surface area contributed by atoms with Crippen molar-refractivity contribution in [2.75, 3.05) is 39.3 Å². The number of nitrogens with one attached hydrogen (secondary N) is 8. The fourth-order valence-corrected chi connectivity index (χ4v) is 7.70. The average molecular weight is 929 g/mol. The molecular formula is C39H72N14O12. The third-order valence-electron chi connectivity index (χ3n) is 11.0. The SMILES string of the molecule is CC(=O)N[C@@H](CCCNC(=O)C[C@@H](N)CCCNC(=O)C[C@@H](N)CCCNC(=O)C[C@@H](N)CCCN)CC(=O)N[C@@H]1[C@H](O)[C@@H](OC(N)=O)[C@@H](CO)O[C@H]1NC1=N[C@@H]2C(=O)NC[C@@H](O)[C@H]2N1. The Morgan fingerprint density at radius 3 is 1.86 bits per heavy atom. The number of aliphatic hydroxyl groups is 3. The van der Waals surface area contributed by atoms with E-state index in [0.717, 1.165) is 6.42 Å². The second kappa shape index (κ2) is 28.2. The fraction of sp³-hybridized carbons (Fsp3) is 0.795. The summed E-state index contributed by atoms with van der Waals surface area (Å²) in [4.78, 5) is 90.8.